The Bertz CT molecular complexity index is 748. The molecule has 0 saturated heterocycles. The number of anilines is 1. The van der Waals surface area contributed by atoms with Crippen molar-refractivity contribution < 1.29 is 28.6 Å². The van der Waals surface area contributed by atoms with Gasteiger partial charge in [-0.15, -0.1) is 0 Å². The van der Waals surface area contributed by atoms with E-state index < -0.39 is 11.9 Å². The van der Waals surface area contributed by atoms with Crippen LogP contribution in [0.2, 0.25) is 0 Å². The first-order valence-electron chi connectivity index (χ1n) is 8.46. The minimum Gasteiger partial charge on any atom is -0.466 e. The van der Waals surface area contributed by atoms with E-state index in [4.69, 9.17) is 14.2 Å². The van der Waals surface area contributed by atoms with Gasteiger partial charge < -0.3 is 19.1 Å². The van der Waals surface area contributed by atoms with Gasteiger partial charge in [0.15, 0.2) is 5.78 Å². The van der Waals surface area contributed by atoms with E-state index in [1.807, 2.05) is 0 Å². The van der Waals surface area contributed by atoms with Crippen molar-refractivity contribution in [1.82, 2.24) is 0 Å². The van der Waals surface area contributed by atoms with Crippen LogP contribution in [0.5, 0.6) is 0 Å². The summed E-state index contributed by atoms with van der Waals surface area (Å²) in [5.41, 5.74) is 1.45. The van der Waals surface area contributed by atoms with E-state index in [0.29, 0.717) is 11.3 Å². The third-order valence-electron chi connectivity index (χ3n) is 4.77. The van der Waals surface area contributed by atoms with E-state index in [9.17, 15) is 14.4 Å². The predicted octanol–water partition coefficient (Wildman–Crippen LogP) is 2.06. The molecule has 0 N–H and O–H groups in total. The molecule has 0 amide bonds. The molecule has 1 saturated carbocycles. The smallest absolute Gasteiger partial charge is 0.355 e. The number of nitrogens with zero attached hydrogens (tertiary/aromatic N) is 1. The monoisotopic (exact) mass is 359 g/mol. The van der Waals surface area contributed by atoms with Crippen LogP contribution < -0.4 is 4.90 Å². The molecule has 0 spiro atoms. The Labute approximate surface area is 151 Å². The van der Waals surface area contributed by atoms with Gasteiger partial charge in [-0.1, -0.05) is 6.42 Å². The first-order chi connectivity index (χ1) is 12.6. The Morgan fingerprint density at radius 1 is 1.04 bits per heavy atom. The summed E-state index contributed by atoms with van der Waals surface area (Å²) in [5, 5.41) is 0. The van der Waals surface area contributed by atoms with Gasteiger partial charge >= 0.3 is 11.9 Å². The Morgan fingerprint density at radius 2 is 1.69 bits per heavy atom. The van der Waals surface area contributed by atoms with Gasteiger partial charge in [0.1, 0.15) is 12.4 Å². The quantitative estimate of drug-likeness (QED) is 0.588. The highest BCUT2D eigenvalue weighted by Crippen LogP contribution is 2.31. The highest BCUT2D eigenvalue weighted by molar-refractivity contribution is 6.03. The van der Waals surface area contributed by atoms with Crippen molar-refractivity contribution in [2.75, 3.05) is 32.5 Å². The van der Waals surface area contributed by atoms with Crippen LogP contribution in [0.25, 0.3) is 0 Å². The normalized spacial score (nSPS) is 17.5. The molecule has 1 fully saturated rings. The van der Waals surface area contributed by atoms with Gasteiger partial charge in [-0.3, -0.25) is 4.79 Å². The number of methoxy groups -OCH3 is 2. The fourth-order valence-electron chi connectivity index (χ4n) is 3.06. The maximum atomic E-state index is 12.3. The average Bonchev–Trinajstić information content (AvgIpc) is 2.64. The molecule has 7 heteroatoms. The van der Waals surface area contributed by atoms with Crippen LogP contribution in [0, 0.1) is 5.92 Å². The summed E-state index contributed by atoms with van der Waals surface area (Å²) in [6, 6.07) is 6.94. The standard InChI is InChI=1S/C19H21NO6/c1-24-18(22)15-10-26-11-20(16(15)19(23)25-2)14-8-6-13(7-9-14)17(21)12-4-3-5-12/h6-9,12H,3-5,10-11H2,1-2H3. The minimum atomic E-state index is -0.650. The molecule has 1 heterocycles. The molecule has 1 aromatic carbocycles. The zero-order valence-electron chi connectivity index (χ0n) is 14.8. The maximum absolute atomic E-state index is 12.3. The van der Waals surface area contributed by atoms with Gasteiger partial charge in [0, 0.05) is 17.2 Å². The molecule has 7 nitrogen and oxygen atoms in total. The molecule has 0 bridgehead atoms. The van der Waals surface area contributed by atoms with E-state index in [1.165, 1.54) is 14.2 Å². The second-order valence-electron chi connectivity index (χ2n) is 6.25. The second-order valence-corrected chi connectivity index (χ2v) is 6.25. The molecule has 0 unspecified atom stereocenters. The first kappa shape index (κ1) is 18.1. The van der Waals surface area contributed by atoms with E-state index in [2.05, 4.69) is 0 Å². The molecule has 26 heavy (non-hydrogen) atoms. The SMILES string of the molecule is COC(=O)C1=C(C(=O)OC)N(c2ccc(C(=O)C3CCC3)cc2)COC1. The van der Waals surface area contributed by atoms with Gasteiger partial charge in [-0.2, -0.15) is 0 Å². The lowest BCUT2D eigenvalue weighted by Crippen LogP contribution is -2.38. The van der Waals surface area contributed by atoms with Crippen LogP contribution >= 0.6 is 0 Å². The third kappa shape index (κ3) is 3.35. The summed E-state index contributed by atoms with van der Waals surface area (Å²) >= 11 is 0. The summed E-state index contributed by atoms with van der Waals surface area (Å²) < 4.78 is 15.0. The maximum Gasteiger partial charge on any atom is 0.355 e. The van der Waals surface area contributed by atoms with Crippen LogP contribution in [0.1, 0.15) is 29.6 Å². The number of rotatable bonds is 5. The Kier molecular flexibility index (Phi) is 5.37. The molecule has 1 aliphatic carbocycles. The molecule has 0 aromatic heterocycles. The Morgan fingerprint density at radius 3 is 2.23 bits per heavy atom. The number of carbonyl (C=O) groups is 3. The fourth-order valence-corrected chi connectivity index (χ4v) is 3.06. The summed E-state index contributed by atoms with van der Waals surface area (Å²) in [4.78, 5) is 38.1. The molecule has 138 valence electrons. The van der Waals surface area contributed by atoms with Crippen molar-refractivity contribution in [1.29, 1.82) is 0 Å². The van der Waals surface area contributed by atoms with Crippen molar-refractivity contribution in [2.45, 2.75) is 19.3 Å². The number of ether oxygens (including phenoxy) is 3. The highest BCUT2D eigenvalue weighted by Gasteiger charge is 2.32. The van der Waals surface area contributed by atoms with Crippen LogP contribution in [-0.2, 0) is 23.8 Å². The Hall–Kier alpha value is -2.67. The van der Waals surface area contributed by atoms with E-state index in [1.54, 1.807) is 29.2 Å². The van der Waals surface area contributed by atoms with Crippen LogP contribution in [0.4, 0.5) is 5.69 Å². The Balaban J connectivity index is 1.91. The highest BCUT2D eigenvalue weighted by atomic mass is 16.5. The lowest BCUT2D eigenvalue weighted by molar-refractivity contribution is -0.140. The number of benzene rings is 1. The molecule has 2 aliphatic rings. The van der Waals surface area contributed by atoms with Crippen molar-refractivity contribution in [2.24, 2.45) is 5.92 Å². The number of hydrogen-bond donors (Lipinski definition) is 0. The molecular weight excluding hydrogens is 338 g/mol. The number of esters is 2. The van der Waals surface area contributed by atoms with Crippen LogP contribution in [-0.4, -0.2) is 45.3 Å². The largest absolute Gasteiger partial charge is 0.466 e. The molecule has 1 aliphatic heterocycles. The van der Waals surface area contributed by atoms with Crippen LogP contribution in [0.3, 0.4) is 0 Å². The van der Waals surface area contributed by atoms with E-state index in [0.717, 1.165) is 19.3 Å². The summed E-state index contributed by atoms with van der Waals surface area (Å²) in [6.07, 6.45) is 2.99. The fraction of sp³-hybridized carbons (Fsp3) is 0.421. The zero-order valence-corrected chi connectivity index (χ0v) is 14.8. The number of Topliss-reactive ketones (excluding diaryl/α,β-unsaturated/α-hetero) is 1. The number of hydrogen-bond acceptors (Lipinski definition) is 7. The summed E-state index contributed by atoms with van der Waals surface area (Å²) in [7, 11) is 2.49. The predicted molar refractivity (Wildman–Crippen MR) is 92.5 cm³/mol. The van der Waals surface area contributed by atoms with Crippen molar-refractivity contribution >= 4 is 23.4 Å². The van der Waals surface area contributed by atoms with Gasteiger partial charge in [-0.25, -0.2) is 9.59 Å². The lowest BCUT2D eigenvalue weighted by Gasteiger charge is -2.31. The molecule has 3 rings (SSSR count). The molecular formula is C19H21NO6. The van der Waals surface area contributed by atoms with Gasteiger partial charge in [0.2, 0.25) is 0 Å². The second kappa shape index (κ2) is 7.70. The van der Waals surface area contributed by atoms with Crippen molar-refractivity contribution in [3.05, 3.63) is 41.1 Å². The molecule has 0 atom stereocenters. The third-order valence-corrected chi connectivity index (χ3v) is 4.77. The first-order valence-corrected chi connectivity index (χ1v) is 8.46. The zero-order chi connectivity index (χ0) is 18.7. The van der Waals surface area contributed by atoms with Gasteiger partial charge in [0.05, 0.1) is 26.4 Å². The molecule has 1 aromatic rings. The minimum absolute atomic E-state index is 0.0359. The number of carbonyl (C=O) groups excluding carboxylic acids is 3. The lowest BCUT2D eigenvalue weighted by atomic mass is 9.80. The topological polar surface area (TPSA) is 82.1 Å². The van der Waals surface area contributed by atoms with Crippen LogP contribution in [0.15, 0.2) is 35.5 Å². The van der Waals surface area contributed by atoms with E-state index >= 15 is 0 Å². The van der Waals surface area contributed by atoms with Gasteiger partial charge in [0.25, 0.3) is 0 Å². The average molecular weight is 359 g/mol. The summed E-state index contributed by atoms with van der Waals surface area (Å²) in [5.74, 6) is -1.03. The number of ketones is 1. The summed E-state index contributed by atoms with van der Waals surface area (Å²) in [6.45, 7) is 0.0483. The van der Waals surface area contributed by atoms with Gasteiger partial charge in [-0.05, 0) is 37.1 Å². The van der Waals surface area contributed by atoms with Crippen molar-refractivity contribution in [3.63, 3.8) is 0 Å². The molecule has 0 radical (unpaired) electrons. The van der Waals surface area contributed by atoms with E-state index in [-0.39, 0.29) is 36.3 Å². The van der Waals surface area contributed by atoms with Crippen molar-refractivity contribution in [3.8, 4) is 0 Å².